The molecule has 4 N–H and O–H groups in total. The van der Waals surface area contributed by atoms with Gasteiger partial charge in [0.2, 0.25) is 5.91 Å². The van der Waals surface area contributed by atoms with Gasteiger partial charge in [0.1, 0.15) is 12.6 Å². The normalized spacial score (nSPS) is 20.7. The van der Waals surface area contributed by atoms with E-state index in [2.05, 4.69) is 10.6 Å². The molecule has 2 atom stereocenters. The molecule has 2 aliphatic heterocycles. The molecule has 1 aromatic carbocycles. The van der Waals surface area contributed by atoms with E-state index in [4.69, 9.17) is 0 Å². The Morgan fingerprint density at radius 3 is 2.58 bits per heavy atom. The van der Waals surface area contributed by atoms with Crippen LogP contribution in [0.4, 0.5) is 5.69 Å². The second-order valence-electron chi connectivity index (χ2n) is 8.57. The maximum absolute atomic E-state index is 13.1. The third kappa shape index (κ3) is 6.51. The molecule has 1 aromatic rings. The van der Waals surface area contributed by atoms with E-state index < -0.39 is 30.6 Å². The Hall–Kier alpha value is -2.45. The summed E-state index contributed by atoms with van der Waals surface area (Å²) in [4.78, 5) is 37.6. The van der Waals surface area contributed by atoms with E-state index in [1.165, 1.54) is 17.7 Å². The molecule has 2 heterocycles. The van der Waals surface area contributed by atoms with Gasteiger partial charge in [0.15, 0.2) is 0 Å². The van der Waals surface area contributed by atoms with Gasteiger partial charge >= 0.3 is 11.9 Å². The van der Waals surface area contributed by atoms with Crippen LogP contribution in [0.2, 0.25) is 0 Å². The fraction of sp³-hybridized carbons (Fsp3) is 0.609. The van der Waals surface area contributed by atoms with Gasteiger partial charge in [-0.3, -0.25) is 24.6 Å². The third-order valence-electron chi connectivity index (χ3n) is 6.36. The Morgan fingerprint density at radius 1 is 1.13 bits per heavy atom. The number of carboxylic acid groups (broad SMARTS) is 2. The molecule has 0 bridgehead atoms. The number of carbonyl (C=O) groups is 3. The first kappa shape index (κ1) is 23.2. The minimum absolute atomic E-state index is 0.381. The minimum atomic E-state index is -1.10. The molecule has 8 heteroatoms. The number of fused-ring (bicyclic) bond motifs is 1. The van der Waals surface area contributed by atoms with Crippen LogP contribution in [-0.4, -0.2) is 59.8 Å². The number of rotatable bonds is 10. The van der Waals surface area contributed by atoms with Crippen LogP contribution in [-0.2, 0) is 20.8 Å². The number of anilines is 1. The van der Waals surface area contributed by atoms with Crippen molar-refractivity contribution in [3.8, 4) is 0 Å². The van der Waals surface area contributed by atoms with Crippen molar-refractivity contribution in [1.82, 2.24) is 10.6 Å². The number of piperidine rings is 1. The maximum atomic E-state index is 13.1. The zero-order valence-corrected chi connectivity index (χ0v) is 17.9. The van der Waals surface area contributed by atoms with Gasteiger partial charge < -0.3 is 15.5 Å². The second kappa shape index (κ2) is 11.2. The van der Waals surface area contributed by atoms with Crippen LogP contribution < -0.4 is 15.5 Å². The molecule has 1 fully saturated rings. The highest BCUT2D eigenvalue weighted by Gasteiger charge is 2.34. The summed E-state index contributed by atoms with van der Waals surface area (Å²) in [5, 5.41) is 25.4. The minimum Gasteiger partial charge on any atom is -0.480 e. The number of hydrogen-bond donors (Lipinski definition) is 4. The standard InChI is InChI=1S/C23H33N3O5/c27-21(28)15-26-20-8-4-2-6-17(20)9-10-18(22(26)29)25-19(23(30)31)7-3-1-5-16-11-13-24-14-12-16/h2,4,6,8,16,18-19,24-25H,1,3,5,7,9-15H2,(H,27,28)(H,30,31). The van der Waals surface area contributed by atoms with Crippen LogP contribution in [0.3, 0.4) is 0 Å². The van der Waals surface area contributed by atoms with Gasteiger partial charge in [0.25, 0.3) is 0 Å². The fourth-order valence-corrected chi connectivity index (χ4v) is 4.64. The molecule has 0 radical (unpaired) electrons. The third-order valence-corrected chi connectivity index (χ3v) is 6.36. The molecule has 170 valence electrons. The predicted octanol–water partition coefficient (Wildman–Crippen LogP) is 2.02. The number of hydrogen-bond acceptors (Lipinski definition) is 5. The number of nitrogens with one attached hydrogen (secondary N) is 2. The SMILES string of the molecule is O=C(O)CN1C(=O)C(NC(CCCCC2CCNCC2)C(=O)O)CCc2ccccc21. The van der Waals surface area contributed by atoms with Crippen molar-refractivity contribution < 1.29 is 24.6 Å². The number of carboxylic acids is 2. The number of nitrogens with zero attached hydrogens (tertiary/aromatic N) is 1. The molecule has 3 rings (SSSR count). The zero-order chi connectivity index (χ0) is 22.2. The molecule has 8 nitrogen and oxygen atoms in total. The van der Waals surface area contributed by atoms with E-state index in [-0.39, 0.29) is 5.91 Å². The number of unbranched alkanes of at least 4 members (excludes halogenated alkanes) is 1. The second-order valence-corrected chi connectivity index (χ2v) is 8.57. The van der Waals surface area contributed by atoms with Crippen LogP contribution in [0.5, 0.6) is 0 Å². The zero-order valence-electron chi connectivity index (χ0n) is 17.9. The van der Waals surface area contributed by atoms with E-state index in [9.17, 15) is 24.6 Å². The van der Waals surface area contributed by atoms with E-state index in [0.29, 0.717) is 30.9 Å². The summed E-state index contributed by atoms with van der Waals surface area (Å²) >= 11 is 0. The van der Waals surface area contributed by atoms with Gasteiger partial charge in [-0.1, -0.05) is 37.5 Å². The van der Waals surface area contributed by atoms with Crippen molar-refractivity contribution in [3.63, 3.8) is 0 Å². The maximum Gasteiger partial charge on any atom is 0.323 e. The summed E-state index contributed by atoms with van der Waals surface area (Å²) < 4.78 is 0. The van der Waals surface area contributed by atoms with Crippen LogP contribution >= 0.6 is 0 Å². The molecule has 2 aliphatic rings. The van der Waals surface area contributed by atoms with Gasteiger partial charge in [0, 0.05) is 5.69 Å². The summed E-state index contributed by atoms with van der Waals surface area (Å²) in [5.41, 5.74) is 1.49. The van der Waals surface area contributed by atoms with Gasteiger partial charge in [-0.05, 0) is 62.7 Å². The number of amides is 1. The predicted molar refractivity (Wildman–Crippen MR) is 117 cm³/mol. The van der Waals surface area contributed by atoms with Crippen LogP contribution in [0.15, 0.2) is 24.3 Å². The number of aliphatic carboxylic acids is 2. The van der Waals surface area contributed by atoms with Crippen LogP contribution in [0.1, 0.15) is 50.5 Å². The first-order valence-corrected chi connectivity index (χ1v) is 11.3. The molecule has 1 amide bonds. The molecular formula is C23H33N3O5. The van der Waals surface area contributed by atoms with Crippen molar-refractivity contribution in [3.05, 3.63) is 29.8 Å². The number of aryl methyl sites for hydroxylation is 1. The first-order chi connectivity index (χ1) is 15.0. The molecule has 0 aliphatic carbocycles. The Morgan fingerprint density at radius 2 is 1.87 bits per heavy atom. The molecule has 0 aromatic heterocycles. The highest BCUT2D eigenvalue weighted by atomic mass is 16.4. The number of para-hydroxylation sites is 1. The molecular weight excluding hydrogens is 398 g/mol. The molecule has 0 saturated carbocycles. The first-order valence-electron chi connectivity index (χ1n) is 11.3. The fourth-order valence-electron chi connectivity index (χ4n) is 4.64. The lowest BCUT2D eigenvalue weighted by molar-refractivity contribution is -0.140. The topological polar surface area (TPSA) is 119 Å². The largest absolute Gasteiger partial charge is 0.480 e. The average molecular weight is 432 g/mol. The summed E-state index contributed by atoms with van der Waals surface area (Å²) in [7, 11) is 0. The lowest BCUT2D eigenvalue weighted by Crippen LogP contribution is -2.52. The smallest absolute Gasteiger partial charge is 0.323 e. The van der Waals surface area contributed by atoms with Gasteiger partial charge in [-0.15, -0.1) is 0 Å². The van der Waals surface area contributed by atoms with Crippen LogP contribution in [0.25, 0.3) is 0 Å². The number of carbonyl (C=O) groups excluding carboxylic acids is 1. The monoisotopic (exact) mass is 431 g/mol. The lowest BCUT2D eigenvalue weighted by Gasteiger charge is -2.27. The van der Waals surface area contributed by atoms with Crippen molar-refractivity contribution in [2.45, 2.75) is 63.5 Å². The van der Waals surface area contributed by atoms with Crippen LogP contribution in [0, 0.1) is 5.92 Å². The van der Waals surface area contributed by atoms with E-state index in [1.807, 2.05) is 12.1 Å². The van der Waals surface area contributed by atoms with Crippen molar-refractivity contribution in [2.24, 2.45) is 5.92 Å². The summed E-state index contributed by atoms with van der Waals surface area (Å²) in [5.74, 6) is -1.74. The van der Waals surface area contributed by atoms with E-state index in [1.54, 1.807) is 12.1 Å². The Labute approximate surface area is 183 Å². The molecule has 1 saturated heterocycles. The van der Waals surface area contributed by atoms with E-state index in [0.717, 1.165) is 37.9 Å². The summed E-state index contributed by atoms with van der Waals surface area (Å²) in [6.45, 7) is 1.67. The Balaban J connectivity index is 1.60. The van der Waals surface area contributed by atoms with Crippen molar-refractivity contribution in [1.29, 1.82) is 0 Å². The van der Waals surface area contributed by atoms with Crippen molar-refractivity contribution in [2.75, 3.05) is 24.5 Å². The average Bonchev–Trinajstić information content (AvgIpc) is 2.88. The highest BCUT2D eigenvalue weighted by Crippen LogP contribution is 2.27. The summed E-state index contributed by atoms with van der Waals surface area (Å²) in [6, 6.07) is 5.71. The molecule has 31 heavy (non-hydrogen) atoms. The summed E-state index contributed by atoms with van der Waals surface area (Å²) in [6.07, 6.45) is 6.70. The molecule has 0 spiro atoms. The Bertz CT molecular complexity index is 778. The van der Waals surface area contributed by atoms with E-state index >= 15 is 0 Å². The lowest BCUT2D eigenvalue weighted by atomic mass is 9.91. The number of benzene rings is 1. The van der Waals surface area contributed by atoms with Crippen molar-refractivity contribution >= 4 is 23.5 Å². The Kier molecular flexibility index (Phi) is 8.43. The highest BCUT2D eigenvalue weighted by molar-refractivity contribution is 6.02. The quantitative estimate of drug-likeness (QED) is 0.419. The van der Waals surface area contributed by atoms with Gasteiger partial charge in [-0.25, -0.2) is 0 Å². The molecule has 2 unspecified atom stereocenters. The van der Waals surface area contributed by atoms with Gasteiger partial charge in [0.05, 0.1) is 6.04 Å². The van der Waals surface area contributed by atoms with Gasteiger partial charge in [-0.2, -0.15) is 0 Å².